The summed E-state index contributed by atoms with van der Waals surface area (Å²) < 4.78 is 5.68. The van der Waals surface area contributed by atoms with Gasteiger partial charge in [-0.1, -0.05) is 24.6 Å². The van der Waals surface area contributed by atoms with Crippen molar-refractivity contribution in [3.05, 3.63) is 63.8 Å². The highest BCUT2D eigenvalue weighted by atomic mass is 35.5. The summed E-state index contributed by atoms with van der Waals surface area (Å²) in [6.45, 7) is 5.87. The molecule has 1 atom stereocenters. The van der Waals surface area contributed by atoms with E-state index in [-0.39, 0.29) is 6.04 Å². The van der Waals surface area contributed by atoms with Crippen molar-refractivity contribution in [2.75, 3.05) is 13.2 Å². The van der Waals surface area contributed by atoms with Gasteiger partial charge in [0.15, 0.2) is 0 Å². The minimum atomic E-state index is 0.181. The Morgan fingerprint density at radius 1 is 1.16 bits per heavy atom. The molecule has 0 spiro atoms. The number of ether oxygens (including phenoxy) is 1. The van der Waals surface area contributed by atoms with E-state index in [0.29, 0.717) is 6.61 Å². The molecule has 0 aliphatic carbocycles. The number of nitrogens with one attached hydrogen (secondary N) is 2. The maximum Gasteiger partial charge on any atom is 0.119 e. The van der Waals surface area contributed by atoms with E-state index in [1.807, 2.05) is 13.0 Å². The molecule has 0 saturated carbocycles. The number of rotatable bonds is 4. The van der Waals surface area contributed by atoms with Crippen LogP contribution in [0.25, 0.3) is 10.9 Å². The quantitative estimate of drug-likeness (QED) is 0.690. The Balaban J connectivity index is 1.82. The minimum absolute atomic E-state index is 0.181. The van der Waals surface area contributed by atoms with E-state index < -0.39 is 0 Å². The zero-order valence-electron chi connectivity index (χ0n) is 14.7. The third kappa shape index (κ3) is 2.92. The molecule has 0 radical (unpaired) electrons. The lowest BCUT2D eigenvalue weighted by atomic mass is 9.90. The summed E-state index contributed by atoms with van der Waals surface area (Å²) in [4.78, 5) is 3.63. The van der Waals surface area contributed by atoms with Gasteiger partial charge in [-0.25, -0.2) is 0 Å². The molecule has 4 heteroatoms. The monoisotopic (exact) mass is 354 g/mol. The summed E-state index contributed by atoms with van der Waals surface area (Å²) in [6, 6.07) is 12.7. The maximum atomic E-state index is 6.22. The number of hydrogen-bond acceptors (Lipinski definition) is 2. The minimum Gasteiger partial charge on any atom is -0.494 e. The summed E-state index contributed by atoms with van der Waals surface area (Å²) in [5.41, 5.74) is 6.46. The van der Waals surface area contributed by atoms with Crippen LogP contribution in [0, 0.1) is 0 Å². The second kappa shape index (κ2) is 6.74. The largest absolute Gasteiger partial charge is 0.494 e. The number of aromatic amines is 1. The van der Waals surface area contributed by atoms with Gasteiger partial charge in [-0.15, -0.1) is 0 Å². The molecule has 25 heavy (non-hydrogen) atoms. The van der Waals surface area contributed by atoms with Crippen molar-refractivity contribution in [3.8, 4) is 5.75 Å². The van der Waals surface area contributed by atoms with Gasteiger partial charge in [0.25, 0.3) is 0 Å². The second-order valence-electron chi connectivity index (χ2n) is 6.49. The molecule has 4 rings (SSSR count). The standard InChI is InChI=1S/C21H23ClN2O/c1-3-13-11-15(25-4-2)6-7-16(13)20-21-17(9-10-23-20)18-12-14(22)5-8-19(18)24-21/h5-8,11-12,20,23-24H,3-4,9-10H2,1-2H3. The van der Waals surface area contributed by atoms with Crippen LogP contribution in [0.5, 0.6) is 5.75 Å². The van der Waals surface area contributed by atoms with Crippen molar-refractivity contribution in [3.63, 3.8) is 0 Å². The topological polar surface area (TPSA) is 37.0 Å². The second-order valence-corrected chi connectivity index (χ2v) is 6.93. The zero-order chi connectivity index (χ0) is 17.4. The van der Waals surface area contributed by atoms with Crippen LogP contribution in [0.3, 0.4) is 0 Å². The third-order valence-electron chi connectivity index (χ3n) is 5.03. The molecule has 1 aromatic heterocycles. The number of H-pyrrole nitrogens is 1. The predicted octanol–water partition coefficient (Wildman–Crippen LogP) is 5.02. The first-order valence-corrected chi connectivity index (χ1v) is 9.38. The molecule has 3 nitrogen and oxygen atoms in total. The first-order valence-electron chi connectivity index (χ1n) is 9.00. The van der Waals surface area contributed by atoms with Gasteiger partial charge in [-0.05, 0) is 66.8 Å². The van der Waals surface area contributed by atoms with Crippen molar-refractivity contribution in [2.45, 2.75) is 32.7 Å². The van der Waals surface area contributed by atoms with E-state index in [9.17, 15) is 0 Å². The smallest absolute Gasteiger partial charge is 0.119 e. The lowest BCUT2D eigenvalue weighted by Gasteiger charge is -2.27. The molecule has 130 valence electrons. The third-order valence-corrected chi connectivity index (χ3v) is 5.27. The molecular weight excluding hydrogens is 332 g/mol. The molecule has 0 amide bonds. The molecule has 2 heterocycles. The first-order chi connectivity index (χ1) is 12.2. The first kappa shape index (κ1) is 16.5. The molecule has 0 saturated heterocycles. The number of halogens is 1. The number of fused-ring (bicyclic) bond motifs is 3. The number of aryl methyl sites for hydroxylation is 1. The summed E-state index contributed by atoms with van der Waals surface area (Å²) >= 11 is 6.22. The number of benzene rings is 2. The Hall–Kier alpha value is -1.97. The Labute approximate surface area is 153 Å². The molecule has 2 aromatic carbocycles. The lowest BCUT2D eigenvalue weighted by molar-refractivity contribution is 0.339. The van der Waals surface area contributed by atoms with Crippen LogP contribution < -0.4 is 10.1 Å². The van der Waals surface area contributed by atoms with Crippen molar-refractivity contribution < 1.29 is 4.74 Å². The highest BCUT2D eigenvalue weighted by Crippen LogP contribution is 2.36. The van der Waals surface area contributed by atoms with Crippen LogP contribution in [-0.2, 0) is 12.8 Å². The predicted molar refractivity (Wildman–Crippen MR) is 104 cm³/mol. The van der Waals surface area contributed by atoms with E-state index in [4.69, 9.17) is 16.3 Å². The van der Waals surface area contributed by atoms with Gasteiger partial charge >= 0.3 is 0 Å². The molecule has 3 aromatic rings. The van der Waals surface area contributed by atoms with Gasteiger partial charge in [-0.2, -0.15) is 0 Å². The van der Waals surface area contributed by atoms with Crippen LogP contribution in [0.2, 0.25) is 5.02 Å². The summed E-state index contributed by atoms with van der Waals surface area (Å²) in [6.07, 6.45) is 2.00. The van der Waals surface area contributed by atoms with Crippen LogP contribution in [0.15, 0.2) is 36.4 Å². The van der Waals surface area contributed by atoms with E-state index in [1.165, 1.54) is 27.8 Å². The highest BCUT2D eigenvalue weighted by Gasteiger charge is 2.26. The Morgan fingerprint density at radius 3 is 2.84 bits per heavy atom. The average molecular weight is 355 g/mol. The molecule has 0 fully saturated rings. The van der Waals surface area contributed by atoms with Gasteiger partial charge in [-0.3, -0.25) is 0 Å². The fourth-order valence-electron chi connectivity index (χ4n) is 3.89. The van der Waals surface area contributed by atoms with Gasteiger partial charge < -0.3 is 15.0 Å². The molecule has 1 aliphatic rings. The molecule has 1 unspecified atom stereocenters. The zero-order valence-corrected chi connectivity index (χ0v) is 15.4. The molecule has 1 aliphatic heterocycles. The number of aromatic nitrogens is 1. The van der Waals surface area contributed by atoms with E-state index in [2.05, 4.69) is 47.6 Å². The summed E-state index contributed by atoms with van der Waals surface area (Å²) in [7, 11) is 0. The summed E-state index contributed by atoms with van der Waals surface area (Å²) in [5.74, 6) is 0.947. The van der Waals surface area contributed by atoms with E-state index >= 15 is 0 Å². The number of hydrogen-bond donors (Lipinski definition) is 2. The SMILES string of the molecule is CCOc1ccc(C2NCCc3c2[nH]c2ccc(Cl)cc32)c(CC)c1. The lowest BCUT2D eigenvalue weighted by Crippen LogP contribution is -2.31. The van der Waals surface area contributed by atoms with Crippen LogP contribution >= 0.6 is 11.6 Å². The highest BCUT2D eigenvalue weighted by molar-refractivity contribution is 6.31. The van der Waals surface area contributed by atoms with Crippen LogP contribution in [-0.4, -0.2) is 18.1 Å². The van der Waals surface area contributed by atoms with Crippen molar-refractivity contribution in [1.29, 1.82) is 0 Å². The Morgan fingerprint density at radius 2 is 2.04 bits per heavy atom. The normalized spacial score (nSPS) is 16.8. The summed E-state index contributed by atoms with van der Waals surface area (Å²) in [5, 5.41) is 5.73. The fourth-order valence-corrected chi connectivity index (χ4v) is 4.06. The van der Waals surface area contributed by atoms with Gasteiger partial charge in [0.1, 0.15) is 5.75 Å². The van der Waals surface area contributed by atoms with Gasteiger partial charge in [0.05, 0.1) is 12.6 Å². The molecule has 0 bridgehead atoms. The van der Waals surface area contributed by atoms with Crippen molar-refractivity contribution >= 4 is 22.5 Å². The van der Waals surface area contributed by atoms with Crippen LogP contribution in [0.4, 0.5) is 0 Å². The average Bonchev–Trinajstić information content (AvgIpc) is 3.00. The van der Waals surface area contributed by atoms with E-state index in [1.54, 1.807) is 0 Å². The van der Waals surface area contributed by atoms with E-state index in [0.717, 1.165) is 35.7 Å². The Kier molecular flexibility index (Phi) is 4.45. The van der Waals surface area contributed by atoms with Crippen molar-refractivity contribution in [2.24, 2.45) is 0 Å². The fraction of sp³-hybridized carbons (Fsp3) is 0.333. The van der Waals surface area contributed by atoms with Gasteiger partial charge in [0, 0.05) is 28.2 Å². The van der Waals surface area contributed by atoms with Crippen LogP contribution in [0.1, 0.15) is 42.3 Å². The maximum absolute atomic E-state index is 6.22. The van der Waals surface area contributed by atoms with Gasteiger partial charge in [0.2, 0.25) is 0 Å². The Bertz CT molecular complexity index is 916. The molecule has 2 N–H and O–H groups in total. The molecular formula is C21H23ClN2O. The van der Waals surface area contributed by atoms with Crippen molar-refractivity contribution in [1.82, 2.24) is 10.3 Å².